The molecule has 0 radical (unpaired) electrons. The maximum atomic E-state index is 11.5. The summed E-state index contributed by atoms with van der Waals surface area (Å²) in [5.41, 5.74) is 0.655. The van der Waals surface area contributed by atoms with Crippen LogP contribution in [0.15, 0.2) is 12.4 Å². The highest BCUT2D eigenvalue weighted by Gasteiger charge is 2.23. The van der Waals surface area contributed by atoms with Crippen LogP contribution in [0.2, 0.25) is 0 Å². The number of anilines is 1. The lowest BCUT2D eigenvalue weighted by molar-refractivity contribution is -0.122. The molecule has 0 aromatic carbocycles. The van der Waals surface area contributed by atoms with E-state index >= 15 is 0 Å². The second-order valence-electron chi connectivity index (χ2n) is 4.56. The third-order valence-electron chi connectivity index (χ3n) is 2.60. The van der Waals surface area contributed by atoms with Gasteiger partial charge in [0, 0.05) is 18.8 Å². The van der Waals surface area contributed by atoms with Crippen molar-refractivity contribution in [2.75, 3.05) is 17.6 Å². The van der Waals surface area contributed by atoms with E-state index in [1.807, 2.05) is 0 Å². The third kappa shape index (κ3) is 5.26. The van der Waals surface area contributed by atoms with Gasteiger partial charge in [0.25, 0.3) is 0 Å². The molecule has 19 heavy (non-hydrogen) atoms. The summed E-state index contributed by atoms with van der Waals surface area (Å²) < 4.78 is 23.0. The predicted molar refractivity (Wildman–Crippen MR) is 69.9 cm³/mol. The molecule has 1 fully saturated rings. The van der Waals surface area contributed by atoms with Crippen LogP contribution in [0.25, 0.3) is 0 Å². The number of nitrogens with two attached hydrogens (primary N) is 1. The highest BCUT2D eigenvalue weighted by Crippen LogP contribution is 2.18. The Balaban J connectivity index is 1.76. The average molecular weight is 287 g/mol. The predicted octanol–water partition coefficient (Wildman–Crippen LogP) is -1.14. The van der Waals surface area contributed by atoms with Crippen LogP contribution in [0.1, 0.15) is 12.8 Å². The minimum absolute atomic E-state index is 0.0679. The van der Waals surface area contributed by atoms with E-state index in [-0.39, 0.29) is 24.7 Å². The molecule has 0 unspecified atom stereocenters. The molecule has 1 heterocycles. The maximum absolute atomic E-state index is 11.5. The fraction of sp³-hybridized carbons (Fsp3) is 0.600. The van der Waals surface area contributed by atoms with Crippen LogP contribution >= 0.6 is 0 Å². The number of amides is 1. The molecule has 106 valence electrons. The van der Waals surface area contributed by atoms with E-state index in [9.17, 15) is 13.2 Å². The molecule has 1 aliphatic carbocycles. The summed E-state index contributed by atoms with van der Waals surface area (Å²) >= 11 is 0. The minimum atomic E-state index is -3.47. The minimum Gasteiger partial charge on any atom is -0.381 e. The van der Waals surface area contributed by atoms with E-state index < -0.39 is 10.0 Å². The summed E-state index contributed by atoms with van der Waals surface area (Å²) in [6.45, 7) is 0.367. The molecule has 1 aromatic rings. The van der Waals surface area contributed by atoms with Gasteiger partial charge in [-0.2, -0.15) is 5.10 Å². The van der Waals surface area contributed by atoms with Crippen LogP contribution in [0.4, 0.5) is 5.69 Å². The van der Waals surface area contributed by atoms with E-state index in [4.69, 9.17) is 5.14 Å². The largest absolute Gasteiger partial charge is 0.381 e. The topological polar surface area (TPSA) is 119 Å². The molecule has 1 saturated carbocycles. The lowest BCUT2D eigenvalue weighted by Gasteiger charge is -2.03. The molecule has 2 rings (SSSR count). The Hall–Kier alpha value is -1.61. The van der Waals surface area contributed by atoms with Crippen LogP contribution in [-0.4, -0.2) is 42.4 Å². The fourth-order valence-corrected chi connectivity index (χ4v) is 1.91. The van der Waals surface area contributed by atoms with Crippen molar-refractivity contribution in [3.63, 3.8) is 0 Å². The highest BCUT2D eigenvalue weighted by molar-refractivity contribution is 7.89. The Morgan fingerprint density at radius 3 is 2.89 bits per heavy atom. The van der Waals surface area contributed by atoms with Gasteiger partial charge in [0.05, 0.1) is 17.6 Å². The van der Waals surface area contributed by atoms with Crippen molar-refractivity contribution in [2.24, 2.45) is 5.14 Å². The molecule has 0 aliphatic heterocycles. The number of hydrogen-bond donors (Lipinski definition) is 3. The summed E-state index contributed by atoms with van der Waals surface area (Å²) in [6, 6.07) is 0.329. The van der Waals surface area contributed by atoms with Crippen molar-refractivity contribution in [3.8, 4) is 0 Å². The fourth-order valence-electron chi connectivity index (χ4n) is 1.53. The SMILES string of the molecule is NS(=O)(=O)CCNc1cnn(CC(=O)NC2CC2)c1. The van der Waals surface area contributed by atoms with E-state index in [0.717, 1.165) is 12.8 Å². The molecule has 1 amide bonds. The van der Waals surface area contributed by atoms with Gasteiger partial charge in [-0.05, 0) is 12.8 Å². The lowest BCUT2D eigenvalue weighted by Crippen LogP contribution is -2.29. The van der Waals surface area contributed by atoms with Crippen LogP contribution < -0.4 is 15.8 Å². The van der Waals surface area contributed by atoms with Gasteiger partial charge >= 0.3 is 0 Å². The molecule has 1 aliphatic rings. The monoisotopic (exact) mass is 287 g/mol. The van der Waals surface area contributed by atoms with E-state index in [1.165, 1.54) is 10.9 Å². The zero-order chi connectivity index (χ0) is 13.9. The van der Waals surface area contributed by atoms with E-state index in [2.05, 4.69) is 15.7 Å². The van der Waals surface area contributed by atoms with Gasteiger partial charge in [0.1, 0.15) is 6.54 Å². The molecule has 0 bridgehead atoms. The van der Waals surface area contributed by atoms with E-state index in [0.29, 0.717) is 11.7 Å². The lowest BCUT2D eigenvalue weighted by atomic mass is 10.5. The van der Waals surface area contributed by atoms with Gasteiger partial charge in [-0.25, -0.2) is 13.6 Å². The molecule has 8 nitrogen and oxygen atoms in total. The first-order chi connectivity index (χ1) is 8.92. The molecule has 4 N–H and O–H groups in total. The summed E-state index contributed by atoms with van der Waals surface area (Å²) in [6.07, 6.45) is 5.28. The second-order valence-corrected chi connectivity index (χ2v) is 6.30. The quantitative estimate of drug-likeness (QED) is 0.586. The van der Waals surface area contributed by atoms with Crippen molar-refractivity contribution in [1.82, 2.24) is 15.1 Å². The van der Waals surface area contributed by atoms with Crippen LogP contribution in [0, 0.1) is 0 Å². The van der Waals surface area contributed by atoms with Gasteiger partial charge in [0.2, 0.25) is 15.9 Å². The number of carbonyl (C=O) groups excluding carboxylic acids is 1. The Morgan fingerprint density at radius 1 is 1.53 bits per heavy atom. The molecular formula is C10H17N5O3S. The number of nitrogens with one attached hydrogen (secondary N) is 2. The number of hydrogen-bond acceptors (Lipinski definition) is 5. The van der Waals surface area contributed by atoms with Crippen LogP contribution in [-0.2, 0) is 21.4 Å². The molecule has 0 atom stereocenters. The number of nitrogens with zero attached hydrogens (tertiary/aromatic N) is 2. The van der Waals surface area contributed by atoms with Crippen molar-refractivity contribution in [3.05, 3.63) is 12.4 Å². The van der Waals surface area contributed by atoms with Gasteiger partial charge in [-0.1, -0.05) is 0 Å². The molecule has 0 saturated heterocycles. The number of aromatic nitrogens is 2. The summed E-state index contributed by atoms with van der Waals surface area (Å²) in [4.78, 5) is 11.5. The average Bonchev–Trinajstić information content (AvgIpc) is 2.97. The highest BCUT2D eigenvalue weighted by atomic mass is 32.2. The van der Waals surface area contributed by atoms with Crippen molar-refractivity contribution in [1.29, 1.82) is 0 Å². The van der Waals surface area contributed by atoms with Gasteiger partial charge in [-0.15, -0.1) is 0 Å². The van der Waals surface area contributed by atoms with E-state index in [1.54, 1.807) is 6.20 Å². The van der Waals surface area contributed by atoms with Crippen molar-refractivity contribution >= 4 is 21.6 Å². The van der Waals surface area contributed by atoms with Gasteiger partial charge < -0.3 is 10.6 Å². The molecule has 0 spiro atoms. The Morgan fingerprint density at radius 2 is 2.26 bits per heavy atom. The standard InChI is InChI=1S/C10H17N5O3S/c11-19(17,18)4-3-12-9-5-13-15(6-9)7-10(16)14-8-1-2-8/h5-6,8,12H,1-4,7H2,(H,14,16)(H2,11,17,18). The van der Waals surface area contributed by atoms with Crippen molar-refractivity contribution in [2.45, 2.75) is 25.4 Å². The number of carbonyl (C=O) groups is 1. The summed E-state index contributed by atoms with van der Waals surface area (Å²) in [5.74, 6) is -0.220. The Bertz CT molecular complexity index is 549. The molecule has 9 heteroatoms. The van der Waals surface area contributed by atoms with Crippen LogP contribution in [0.5, 0.6) is 0 Å². The molecular weight excluding hydrogens is 270 g/mol. The number of rotatable bonds is 7. The Kier molecular flexibility index (Phi) is 4.05. The first-order valence-electron chi connectivity index (χ1n) is 5.98. The van der Waals surface area contributed by atoms with Gasteiger partial charge in [0.15, 0.2) is 0 Å². The Labute approximate surface area is 111 Å². The second kappa shape index (κ2) is 5.57. The number of primary sulfonamides is 1. The normalized spacial score (nSPS) is 15.2. The maximum Gasteiger partial charge on any atom is 0.241 e. The molecule has 1 aromatic heterocycles. The summed E-state index contributed by atoms with van der Waals surface area (Å²) in [7, 11) is -3.47. The summed E-state index contributed by atoms with van der Waals surface area (Å²) in [5, 5.41) is 14.6. The van der Waals surface area contributed by atoms with Crippen molar-refractivity contribution < 1.29 is 13.2 Å². The third-order valence-corrected chi connectivity index (χ3v) is 3.37. The first-order valence-corrected chi connectivity index (χ1v) is 7.70. The van der Waals surface area contributed by atoms with Gasteiger partial charge in [-0.3, -0.25) is 9.48 Å². The van der Waals surface area contributed by atoms with Crippen LogP contribution in [0.3, 0.4) is 0 Å². The first kappa shape index (κ1) is 13.8. The smallest absolute Gasteiger partial charge is 0.241 e. The zero-order valence-corrected chi connectivity index (χ0v) is 11.2. The zero-order valence-electron chi connectivity index (χ0n) is 10.4. The number of sulfonamides is 1.